The monoisotopic (exact) mass is 576 g/mol. The molecule has 9 aromatic rings. The van der Waals surface area contributed by atoms with Gasteiger partial charge in [-0.2, -0.15) is 5.10 Å². The van der Waals surface area contributed by atoms with Crippen molar-refractivity contribution in [3.63, 3.8) is 0 Å². The minimum Gasteiger partial charge on any atom is -0.215 e. The molecule has 1 aliphatic rings. The fourth-order valence-corrected chi connectivity index (χ4v) is 7.55. The summed E-state index contributed by atoms with van der Waals surface area (Å²) in [6.07, 6.45) is 1.60. The second kappa shape index (κ2) is 8.94. The predicted octanol–water partition coefficient (Wildman–Crippen LogP) is 8.11. The van der Waals surface area contributed by atoms with E-state index < -0.39 is 5.41 Å². The highest BCUT2D eigenvalue weighted by atomic mass is 15.3. The molecular weight excluding hydrogens is 552 g/mol. The first-order valence-corrected chi connectivity index (χ1v) is 15.1. The molecule has 6 heteroatoms. The second-order valence-corrected chi connectivity index (χ2v) is 11.6. The van der Waals surface area contributed by atoms with Gasteiger partial charge >= 0.3 is 0 Å². The molecule has 4 heterocycles. The molecule has 0 saturated heterocycles. The van der Waals surface area contributed by atoms with Crippen molar-refractivity contribution in [3.05, 3.63) is 168 Å². The second-order valence-electron chi connectivity index (χ2n) is 11.6. The van der Waals surface area contributed by atoms with Crippen LogP contribution in [0.15, 0.2) is 146 Å². The fraction of sp³-hybridized carbons (Fsp3) is 0.0256. The average Bonchev–Trinajstić information content (AvgIpc) is 3.84. The van der Waals surface area contributed by atoms with Crippen LogP contribution in [0, 0.1) is 0 Å². The van der Waals surface area contributed by atoms with Crippen molar-refractivity contribution in [3.8, 4) is 22.5 Å². The lowest BCUT2D eigenvalue weighted by molar-refractivity contribution is 0.768. The molecule has 45 heavy (non-hydrogen) atoms. The number of benzene rings is 5. The Morgan fingerprint density at radius 3 is 2.04 bits per heavy atom. The van der Waals surface area contributed by atoms with Crippen LogP contribution in [-0.2, 0) is 5.41 Å². The van der Waals surface area contributed by atoms with Gasteiger partial charge in [0.25, 0.3) is 0 Å². The largest absolute Gasteiger partial charge is 0.215 e. The zero-order chi connectivity index (χ0) is 29.5. The summed E-state index contributed by atoms with van der Waals surface area (Å²) >= 11 is 0. The highest BCUT2D eigenvalue weighted by Gasteiger charge is 2.46. The van der Waals surface area contributed by atoms with Crippen LogP contribution >= 0.6 is 0 Å². The van der Waals surface area contributed by atoms with Crippen LogP contribution in [-0.4, -0.2) is 29.2 Å². The van der Waals surface area contributed by atoms with Gasteiger partial charge in [-0.1, -0.05) is 121 Å². The molecule has 0 aliphatic heterocycles. The van der Waals surface area contributed by atoms with Gasteiger partial charge in [0.1, 0.15) is 11.8 Å². The number of hydrogen-bond donors (Lipinski definition) is 0. The number of aromatic nitrogens is 6. The molecule has 0 saturated carbocycles. The van der Waals surface area contributed by atoms with E-state index in [1.54, 1.807) is 6.33 Å². The van der Waals surface area contributed by atoms with Gasteiger partial charge in [-0.25, -0.2) is 19.0 Å². The van der Waals surface area contributed by atoms with Crippen molar-refractivity contribution < 1.29 is 0 Å². The van der Waals surface area contributed by atoms with E-state index in [0.29, 0.717) is 5.82 Å². The Hall–Kier alpha value is -6.14. The van der Waals surface area contributed by atoms with E-state index in [4.69, 9.17) is 10.1 Å². The highest BCUT2D eigenvalue weighted by Crippen LogP contribution is 2.56. The molecule has 6 nitrogen and oxygen atoms in total. The summed E-state index contributed by atoms with van der Waals surface area (Å²) in [4.78, 5) is 9.63. The zero-order valence-corrected chi connectivity index (χ0v) is 24.0. The first kappa shape index (κ1) is 24.3. The maximum absolute atomic E-state index is 5.16. The van der Waals surface area contributed by atoms with E-state index in [-0.39, 0.29) is 0 Å². The molecule has 0 N–H and O–H groups in total. The summed E-state index contributed by atoms with van der Waals surface area (Å²) in [6.45, 7) is 0. The van der Waals surface area contributed by atoms with E-state index in [1.165, 1.54) is 33.4 Å². The molecule has 1 aliphatic carbocycles. The summed E-state index contributed by atoms with van der Waals surface area (Å²) in [5.41, 5.74) is 11.5. The molecule has 10 rings (SSSR count). The Labute approximate surface area is 257 Å². The van der Waals surface area contributed by atoms with Gasteiger partial charge in [0.15, 0.2) is 17.1 Å². The summed E-state index contributed by atoms with van der Waals surface area (Å²) in [5, 5.41) is 11.8. The lowest BCUT2D eigenvalue weighted by Gasteiger charge is -2.34. The number of pyridine rings is 2. The van der Waals surface area contributed by atoms with Crippen molar-refractivity contribution in [2.24, 2.45) is 0 Å². The third-order valence-electron chi connectivity index (χ3n) is 9.39. The standard InChI is InChI=1S/C39H24N6/c1-3-11-26(12-4-1)39(27-13-5-2-6-14-27)32-18-10-9-15-28(32)29-20-19-25(23-33(29)39)37-42-35-22-21-34-36(45(35)43-37)30-16-7-8-17-31(30)38-40-24-41-44(34)38/h1-24H. The summed E-state index contributed by atoms with van der Waals surface area (Å²) in [7, 11) is 0. The molecule has 0 unspecified atom stereocenters. The van der Waals surface area contributed by atoms with E-state index in [2.05, 4.69) is 137 Å². The van der Waals surface area contributed by atoms with E-state index in [0.717, 1.165) is 38.7 Å². The van der Waals surface area contributed by atoms with Crippen LogP contribution in [0.25, 0.3) is 55.6 Å². The molecule has 4 aromatic heterocycles. The Bertz CT molecular complexity index is 2560. The van der Waals surface area contributed by atoms with E-state index in [1.807, 2.05) is 21.2 Å². The van der Waals surface area contributed by atoms with E-state index >= 15 is 0 Å². The maximum Gasteiger partial charge on any atom is 0.182 e. The molecule has 0 spiro atoms. The van der Waals surface area contributed by atoms with Gasteiger partial charge in [-0.15, -0.1) is 5.10 Å². The third kappa shape index (κ3) is 3.17. The van der Waals surface area contributed by atoms with Gasteiger partial charge in [0.2, 0.25) is 0 Å². The molecule has 0 bridgehead atoms. The van der Waals surface area contributed by atoms with Gasteiger partial charge in [-0.05, 0) is 51.6 Å². The molecule has 0 radical (unpaired) electrons. The number of nitrogens with zero attached hydrogens (tertiary/aromatic N) is 6. The van der Waals surface area contributed by atoms with Gasteiger partial charge in [0.05, 0.1) is 10.9 Å². The smallest absolute Gasteiger partial charge is 0.182 e. The van der Waals surface area contributed by atoms with E-state index in [9.17, 15) is 0 Å². The SMILES string of the molecule is c1ccc(C2(c3ccccc3)c3ccccc3-c3ccc(-c4nc5ccc6c(c7ccccc7c7ncnn67)n5n4)cc32)cc1. The van der Waals surface area contributed by atoms with Gasteiger partial charge in [0, 0.05) is 16.3 Å². The lowest BCUT2D eigenvalue weighted by atomic mass is 9.67. The van der Waals surface area contributed by atoms with Crippen LogP contribution < -0.4 is 0 Å². The first-order valence-electron chi connectivity index (χ1n) is 15.1. The zero-order valence-electron chi connectivity index (χ0n) is 24.0. The Morgan fingerprint density at radius 2 is 1.24 bits per heavy atom. The summed E-state index contributed by atoms with van der Waals surface area (Å²) < 4.78 is 3.84. The third-order valence-corrected chi connectivity index (χ3v) is 9.39. The highest BCUT2D eigenvalue weighted by molar-refractivity contribution is 6.10. The topological polar surface area (TPSA) is 60.4 Å². The number of rotatable bonds is 3. The van der Waals surface area contributed by atoms with Crippen molar-refractivity contribution in [1.82, 2.24) is 29.2 Å². The minimum atomic E-state index is -0.481. The molecular formula is C39H24N6. The fourth-order valence-electron chi connectivity index (χ4n) is 7.55. The summed E-state index contributed by atoms with van der Waals surface area (Å²) in [6, 6.07) is 49.6. The van der Waals surface area contributed by atoms with Gasteiger partial charge in [-0.3, -0.25) is 0 Å². The lowest BCUT2D eigenvalue weighted by Crippen LogP contribution is -2.28. The first-order chi connectivity index (χ1) is 22.3. The van der Waals surface area contributed by atoms with Crippen LogP contribution in [0.5, 0.6) is 0 Å². The van der Waals surface area contributed by atoms with Gasteiger partial charge < -0.3 is 0 Å². The number of fused-ring (bicyclic) bond motifs is 11. The summed E-state index contributed by atoms with van der Waals surface area (Å²) in [5.74, 6) is 0.680. The Morgan fingerprint density at radius 1 is 0.556 bits per heavy atom. The quantitative estimate of drug-likeness (QED) is 0.199. The molecule has 5 aromatic carbocycles. The molecule has 210 valence electrons. The Balaban J connectivity index is 1.26. The van der Waals surface area contributed by atoms with Crippen molar-refractivity contribution in [2.45, 2.75) is 5.41 Å². The molecule has 0 atom stereocenters. The van der Waals surface area contributed by atoms with Crippen LogP contribution in [0.1, 0.15) is 22.3 Å². The Kier molecular flexibility index (Phi) is 4.83. The average molecular weight is 577 g/mol. The molecule has 0 amide bonds. The van der Waals surface area contributed by atoms with Crippen molar-refractivity contribution in [1.29, 1.82) is 0 Å². The van der Waals surface area contributed by atoms with Crippen molar-refractivity contribution >= 4 is 33.1 Å². The predicted molar refractivity (Wildman–Crippen MR) is 177 cm³/mol. The van der Waals surface area contributed by atoms with Crippen LogP contribution in [0.2, 0.25) is 0 Å². The number of hydrogen-bond acceptors (Lipinski definition) is 4. The maximum atomic E-state index is 5.16. The normalized spacial score (nSPS) is 13.5. The van der Waals surface area contributed by atoms with Crippen LogP contribution in [0.3, 0.4) is 0 Å². The molecule has 0 fully saturated rings. The minimum absolute atomic E-state index is 0.481. The van der Waals surface area contributed by atoms with Crippen molar-refractivity contribution in [2.75, 3.05) is 0 Å². The van der Waals surface area contributed by atoms with Crippen LogP contribution in [0.4, 0.5) is 0 Å².